The van der Waals surface area contributed by atoms with Crippen LogP contribution in [0.2, 0.25) is 0 Å². The van der Waals surface area contributed by atoms with Crippen LogP contribution in [0.1, 0.15) is 25.3 Å². The van der Waals surface area contributed by atoms with E-state index in [1.807, 2.05) is 20.0 Å². The molecule has 0 saturated heterocycles. The van der Waals surface area contributed by atoms with E-state index in [1.165, 1.54) is 18.4 Å². The monoisotopic (exact) mass is 285 g/mol. The number of aryl methyl sites for hydroxylation is 1. The lowest BCUT2D eigenvalue weighted by molar-refractivity contribution is 0.338. The van der Waals surface area contributed by atoms with Crippen molar-refractivity contribution in [2.24, 2.45) is 0 Å². The molecule has 0 heterocycles. The average molecular weight is 286 g/mol. The smallest absolute Gasteiger partial charge is 0.133 e. The Hall–Kier alpha value is -0.540. The number of unbranched alkanes of at least 4 members (excludes halogenated alkanes) is 1. The largest absolute Gasteiger partial charge is 0.493 e. The molecule has 1 N–H and O–H groups in total. The van der Waals surface area contributed by atoms with Gasteiger partial charge in [-0.1, -0.05) is 6.07 Å². The summed E-state index contributed by atoms with van der Waals surface area (Å²) >= 11 is 3.53. The predicted molar refractivity (Wildman–Crippen MR) is 72.2 cm³/mol. The summed E-state index contributed by atoms with van der Waals surface area (Å²) in [7, 11) is 1.99. The SMILES string of the molecule is CCOc1ccc(CCCCNC)cc1Br. The Morgan fingerprint density at radius 1 is 1.31 bits per heavy atom. The van der Waals surface area contributed by atoms with Crippen LogP contribution in [0.15, 0.2) is 22.7 Å². The summed E-state index contributed by atoms with van der Waals surface area (Å²) in [5, 5.41) is 3.16. The normalized spacial score (nSPS) is 10.4. The standard InChI is InChI=1S/C13H20BrNO/c1-3-16-13-8-7-11(10-12(13)14)6-4-5-9-15-2/h7-8,10,15H,3-6,9H2,1-2H3. The second-order valence-corrected chi connectivity index (χ2v) is 4.61. The van der Waals surface area contributed by atoms with Gasteiger partial charge in [-0.05, 0) is 73.4 Å². The number of benzene rings is 1. The van der Waals surface area contributed by atoms with Crippen LogP contribution < -0.4 is 10.1 Å². The van der Waals surface area contributed by atoms with Crippen LogP contribution in [0, 0.1) is 0 Å². The van der Waals surface area contributed by atoms with Crippen molar-refractivity contribution in [3.8, 4) is 5.75 Å². The molecule has 3 heteroatoms. The highest BCUT2D eigenvalue weighted by atomic mass is 79.9. The molecular weight excluding hydrogens is 266 g/mol. The summed E-state index contributed by atoms with van der Waals surface area (Å²) in [4.78, 5) is 0. The minimum absolute atomic E-state index is 0.708. The van der Waals surface area contributed by atoms with Crippen molar-refractivity contribution in [1.29, 1.82) is 0 Å². The van der Waals surface area contributed by atoms with Crippen LogP contribution in [0.25, 0.3) is 0 Å². The maximum absolute atomic E-state index is 5.48. The van der Waals surface area contributed by atoms with Crippen molar-refractivity contribution in [3.63, 3.8) is 0 Å². The van der Waals surface area contributed by atoms with Crippen molar-refractivity contribution < 1.29 is 4.74 Å². The number of rotatable bonds is 7. The van der Waals surface area contributed by atoms with E-state index in [0.29, 0.717) is 6.61 Å². The first kappa shape index (κ1) is 13.5. The Labute approximate surface area is 107 Å². The molecule has 90 valence electrons. The Balaban J connectivity index is 2.46. The summed E-state index contributed by atoms with van der Waals surface area (Å²) in [5.74, 6) is 0.932. The van der Waals surface area contributed by atoms with Crippen molar-refractivity contribution in [3.05, 3.63) is 28.2 Å². The Morgan fingerprint density at radius 3 is 2.75 bits per heavy atom. The molecule has 0 aliphatic carbocycles. The first-order valence-electron chi connectivity index (χ1n) is 5.83. The topological polar surface area (TPSA) is 21.3 Å². The van der Waals surface area contributed by atoms with Crippen LogP contribution in [0.3, 0.4) is 0 Å². The van der Waals surface area contributed by atoms with Gasteiger partial charge in [0.15, 0.2) is 0 Å². The molecule has 0 unspecified atom stereocenters. The molecule has 1 aromatic carbocycles. The zero-order valence-electron chi connectivity index (χ0n) is 10.1. The van der Waals surface area contributed by atoms with Crippen LogP contribution in [0.5, 0.6) is 5.75 Å². The molecular formula is C13H20BrNO. The highest BCUT2D eigenvalue weighted by Gasteiger charge is 2.01. The van der Waals surface area contributed by atoms with Crippen molar-refractivity contribution >= 4 is 15.9 Å². The molecule has 0 amide bonds. The van der Waals surface area contributed by atoms with Crippen LogP contribution in [-0.4, -0.2) is 20.2 Å². The fourth-order valence-corrected chi connectivity index (χ4v) is 2.14. The third-order valence-electron chi connectivity index (χ3n) is 2.44. The van der Waals surface area contributed by atoms with Gasteiger partial charge in [0.2, 0.25) is 0 Å². The van der Waals surface area contributed by atoms with E-state index in [4.69, 9.17) is 4.74 Å². The van der Waals surface area contributed by atoms with E-state index in [-0.39, 0.29) is 0 Å². The average Bonchev–Trinajstić information content (AvgIpc) is 2.28. The molecule has 2 nitrogen and oxygen atoms in total. The van der Waals surface area contributed by atoms with E-state index >= 15 is 0 Å². The zero-order chi connectivity index (χ0) is 11.8. The van der Waals surface area contributed by atoms with Gasteiger partial charge in [-0.2, -0.15) is 0 Å². The summed E-state index contributed by atoms with van der Waals surface area (Å²) < 4.78 is 6.53. The van der Waals surface area contributed by atoms with Crippen molar-refractivity contribution in [2.75, 3.05) is 20.2 Å². The van der Waals surface area contributed by atoms with Gasteiger partial charge in [0.05, 0.1) is 11.1 Å². The fraction of sp³-hybridized carbons (Fsp3) is 0.538. The van der Waals surface area contributed by atoms with Gasteiger partial charge in [-0.3, -0.25) is 0 Å². The van der Waals surface area contributed by atoms with E-state index in [0.717, 1.165) is 23.2 Å². The number of hydrogen-bond donors (Lipinski definition) is 1. The van der Waals surface area contributed by atoms with E-state index < -0.39 is 0 Å². The lowest BCUT2D eigenvalue weighted by Gasteiger charge is -2.08. The first-order valence-corrected chi connectivity index (χ1v) is 6.63. The highest BCUT2D eigenvalue weighted by molar-refractivity contribution is 9.10. The van der Waals surface area contributed by atoms with Gasteiger partial charge < -0.3 is 10.1 Å². The summed E-state index contributed by atoms with van der Waals surface area (Å²) in [6.45, 7) is 3.80. The second-order valence-electron chi connectivity index (χ2n) is 3.76. The minimum atomic E-state index is 0.708. The molecule has 0 spiro atoms. The van der Waals surface area contributed by atoms with Crippen LogP contribution >= 0.6 is 15.9 Å². The van der Waals surface area contributed by atoms with Gasteiger partial charge >= 0.3 is 0 Å². The van der Waals surface area contributed by atoms with Crippen molar-refractivity contribution in [1.82, 2.24) is 5.32 Å². The maximum Gasteiger partial charge on any atom is 0.133 e. The predicted octanol–water partition coefficient (Wildman–Crippen LogP) is 3.39. The number of nitrogens with one attached hydrogen (secondary N) is 1. The van der Waals surface area contributed by atoms with E-state index in [2.05, 4.69) is 33.4 Å². The third kappa shape index (κ3) is 4.54. The Bertz CT molecular complexity index is 315. The Morgan fingerprint density at radius 2 is 2.12 bits per heavy atom. The summed E-state index contributed by atoms with van der Waals surface area (Å²) in [6, 6.07) is 6.35. The molecule has 0 atom stereocenters. The molecule has 1 aromatic rings. The second kappa shape index (κ2) is 7.69. The molecule has 1 rings (SSSR count). The highest BCUT2D eigenvalue weighted by Crippen LogP contribution is 2.26. The molecule has 0 bridgehead atoms. The third-order valence-corrected chi connectivity index (χ3v) is 3.06. The quantitative estimate of drug-likeness (QED) is 0.776. The van der Waals surface area contributed by atoms with Gasteiger partial charge in [0.1, 0.15) is 5.75 Å². The molecule has 0 aromatic heterocycles. The number of hydrogen-bond acceptors (Lipinski definition) is 2. The number of halogens is 1. The van der Waals surface area contributed by atoms with Crippen LogP contribution in [0.4, 0.5) is 0 Å². The maximum atomic E-state index is 5.48. The molecule has 0 fully saturated rings. The van der Waals surface area contributed by atoms with Crippen LogP contribution in [-0.2, 0) is 6.42 Å². The van der Waals surface area contributed by atoms with Crippen molar-refractivity contribution in [2.45, 2.75) is 26.2 Å². The number of ether oxygens (including phenoxy) is 1. The van der Waals surface area contributed by atoms with Gasteiger partial charge in [0.25, 0.3) is 0 Å². The zero-order valence-corrected chi connectivity index (χ0v) is 11.6. The minimum Gasteiger partial charge on any atom is -0.493 e. The molecule has 0 radical (unpaired) electrons. The van der Waals surface area contributed by atoms with E-state index in [9.17, 15) is 0 Å². The molecule has 16 heavy (non-hydrogen) atoms. The van der Waals surface area contributed by atoms with Gasteiger partial charge in [-0.15, -0.1) is 0 Å². The summed E-state index contributed by atoms with van der Waals surface area (Å²) in [5.41, 5.74) is 1.37. The van der Waals surface area contributed by atoms with Gasteiger partial charge in [0, 0.05) is 0 Å². The van der Waals surface area contributed by atoms with E-state index in [1.54, 1.807) is 0 Å². The lowest BCUT2D eigenvalue weighted by Crippen LogP contribution is -2.07. The molecule has 0 aliphatic rings. The lowest BCUT2D eigenvalue weighted by atomic mass is 10.1. The Kier molecular flexibility index (Phi) is 6.50. The first-order chi connectivity index (χ1) is 7.77. The fourth-order valence-electron chi connectivity index (χ4n) is 1.60. The molecule has 0 saturated carbocycles. The summed E-state index contributed by atoms with van der Waals surface area (Å²) in [6.07, 6.45) is 3.58. The molecule has 0 aliphatic heterocycles. The van der Waals surface area contributed by atoms with Gasteiger partial charge in [-0.25, -0.2) is 0 Å².